The average Bonchev–Trinajstić information content (AvgIpc) is 2.42. The number of hydrogen-bond acceptors (Lipinski definition) is 4. The lowest BCUT2D eigenvalue weighted by atomic mass is 9.83. The van der Waals surface area contributed by atoms with E-state index < -0.39 is 0 Å². The maximum atomic E-state index is 12.3. The zero-order valence-corrected chi connectivity index (χ0v) is 11.5. The van der Waals surface area contributed by atoms with E-state index in [1.54, 1.807) is 0 Å². The Kier molecular flexibility index (Phi) is 5.45. The molecule has 1 unspecified atom stereocenters. The fraction of sp³-hybridized carbons (Fsp3) is 0.929. The van der Waals surface area contributed by atoms with Crippen molar-refractivity contribution in [1.82, 2.24) is 10.2 Å². The third-order valence-electron chi connectivity index (χ3n) is 4.17. The lowest BCUT2D eigenvalue weighted by Gasteiger charge is -2.39. The topological polar surface area (TPSA) is 41.6 Å². The van der Waals surface area contributed by atoms with Gasteiger partial charge in [-0.2, -0.15) is 0 Å². The predicted octanol–water partition coefficient (Wildman–Crippen LogP) is 1.40. The summed E-state index contributed by atoms with van der Waals surface area (Å²) in [7, 11) is 0. The Morgan fingerprint density at radius 3 is 2.56 bits per heavy atom. The van der Waals surface area contributed by atoms with Gasteiger partial charge < -0.3 is 10.1 Å². The fourth-order valence-electron chi connectivity index (χ4n) is 3.28. The van der Waals surface area contributed by atoms with Crippen molar-refractivity contribution in [2.45, 2.75) is 45.1 Å². The van der Waals surface area contributed by atoms with Crippen LogP contribution in [0.15, 0.2) is 0 Å². The smallest absolute Gasteiger partial charge is 0.323 e. The highest BCUT2D eigenvalue weighted by Crippen LogP contribution is 2.30. The highest BCUT2D eigenvalue weighted by Gasteiger charge is 2.35. The summed E-state index contributed by atoms with van der Waals surface area (Å²) in [5.74, 6) is 0.516. The van der Waals surface area contributed by atoms with E-state index in [2.05, 4.69) is 10.2 Å². The number of carbonyl (C=O) groups is 1. The summed E-state index contributed by atoms with van der Waals surface area (Å²) < 4.78 is 5.31. The van der Waals surface area contributed by atoms with Crippen molar-refractivity contribution in [2.75, 3.05) is 32.8 Å². The van der Waals surface area contributed by atoms with Crippen LogP contribution in [0.4, 0.5) is 0 Å². The van der Waals surface area contributed by atoms with E-state index >= 15 is 0 Å². The normalized spacial score (nSPS) is 24.7. The summed E-state index contributed by atoms with van der Waals surface area (Å²) in [5, 5.41) is 3.35. The number of hydrogen-bond donors (Lipinski definition) is 1. The molecule has 0 aromatic heterocycles. The second kappa shape index (κ2) is 7.10. The van der Waals surface area contributed by atoms with Crippen LogP contribution in [0.2, 0.25) is 0 Å². The molecule has 4 nitrogen and oxygen atoms in total. The third-order valence-corrected chi connectivity index (χ3v) is 4.17. The second-order valence-corrected chi connectivity index (χ2v) is 5.38. The van der Waals surface area contributed by atoms with Gasteiger partial charge in [0.05, 0.1) is 6.61 Å². The Labute approximate surface area is 110 Å². The van der Waals surface area contributed by atoms with Crippen molar-refractivity contribution in [2.24, 2.45) is 5.92 Å². The quantitative estimate of drug-likeness (QED) is 0.770. The van der Waals surface area contributed by atoms with Crippen LogP contribution in [0.1, 0.15) is 39.0 Å². The number of carbonyl (C=O) groups excluding carboxylic acids is 1. The van der Waals surface area contributed by atoms with Crippen molar-refractivity contribution in [1.29, 1.82) is 0 Å². The van der Waals surface area contributed by atoms with Crippen LogP contribution in [0.3, 0.4) is 0 Å². The molecule has 2 fully saturated rings. The van der Waals surface area contributed by atoms with Gasteiger partial charge in [-0.05, 0) is 25.7 Å². The Morgan fingerprint density at radius 1 is 1.28 bits per heavy atom. The third kappa shape index (κ3) is 3.45. The summed E-state index contributed by atoms with van der Waals surface area (Å²) >= 11 is 0. The Morgan fingerprint density at radius 2 is 1.94 bits per heavy atom. The van der Waals surface area contributed by atoms with E-state index in [0.717, 1.165) is 26.2 Å². The zero-order valence-electron chi connectivity index (χ0n) is 11.5. The SMILES string of the molecule is CCOC(=O)C(C1CCCCC1)N1CCNCC1. The van der Waals surface area contributed by atoms with Crippen LogP contribution in [-0.2, 0) is 9.53 Å². The molecular weight excluding hydrogens is 228 g/mol. The van der Waals surface area contributed by atoms with Gasteiger partial charge in [0.15, 0.2) is 0 Å². The van der Waals surface area contributed by atoms with Gasteiger partial charge in [0, 0.05) is 26.2 Å². The van der Waals surface area contributed by atoms with Crippen LogP contribution in [0.5, 0.6) is 0 Å². The first-order valence-corrected chi connectivity index (χ1v) is 7.44. The molecule has 1 heterocycles. The Hall–Kier alpha value is -0.610. The lowest BCUT2D eigenvalue weighted by molar-refractivity contribution is -0.152. The monoisotopic (exact) mass is 254 g/mol. The van der Waals surface area contributed by atoms with E-state index in [1.807, 2.05) is 6.92 Å². The molecular formula is C14H26N2O2. The van der Waals surface area contributed by atoms with Gasteiger partial charge in [-0.15, -0.1) is 0 Å². The molecule has 1 saturated carbocycles. The summed E-state index contributed by atoms with van der Waals surface area (Å²) in [6, 6.07) is 0.00681. The van der Waals surface area contributed by atoms with E-state index in [0.29, 0.717) is 12.5 Å². The van der Waals surface area contributed by atoms with Crippen LogP contribution >= 0.6 is 0 Å². The maximum absolute atomic E-state index is 12.3. The molecule has 1 N–H and O–H groups in total. The molecule has 18 heavy (non-hydrogen) atoms. The van der Waals surface area contributed by atoms with Crippen LogP contribution in [-0.4, -0.2) is 49.7 Å². The van der Waals surface area contributed by atoms with Crippen molar-refractivity contribution in [3.63, 3.8) is 0 Å². The fourth-order valence-corrected chi connectivity index (χ4v) is 3.28. The van der Waals surface area contributed by atoms with Crippen LogP contribution in [0.25, 0.3) is 0 Å². The Balaban J connectivity index is 2.02. The molecule has 0 radical (unpaired) electrons. The standard InChI is InChI=1S/C14H26N2O2/c1-2-18-14(17)13(12-6-4-3-5-7-12)16-10-8-15-9-11-16/h12-13,15H,2-11H2,1H3. The van der Waals surface area contributed by atoms with Crippen molar-refractivity contribution >= 4 is 5.97 Å². The largest absolute Gasteiger partial charge is 0.465 e. The molecule has 1 aliphatic carbocycles. The first kappa shape index (κ1) is 13.8. The minimum atomic E-state index is 0.00583. The number of ether oxygens (including phenoxy) is 1. The van der Waals surface area contributed by atoms with Gasteiger partial charge in [-0.1, -0.05) is 19.3 Å². The zero-order chi connectivity index (χ0) is 12.8. The molecule has 1 atom stereocenters. The molecule has 0 bridgehead atoms. The van der Waals surface area contributed by atoms with E-state index in [1.165, 1.54) is 32.1 Å². The first-order valence-electron chi connectivity index (χ1n) is 7.44. The minimum Gasteiger partial charge on any atom is -0.465 e. The van der Waals surface area contributed by atoms with Gasteiger partial charge in [0.2, 0.25) is 0 Å². The lowest BCUT2D eigenvalue weighted by Crippen LogP contribution is -2.54. The van der Waals surface area contributed by atoms with E-state index in [-0.39, 0.29) is 12.0 Å². The predicted molar refractivity (Wildman–Crippen MR) is 71.4 cm³/mol. The summed E-state index contributed by atoms with van der Waals surface area (Å²) in [4.78, 5) is 14.6. The molecule has 4 heteroatoms. The van der Waals surface area contributed by atoms with Gasteiger partial charge in [0.1, 0.15) is 6.04 Å². The van der Waals surface area contributed by atoms with Crippen LogP contribution in [0, 0.1) is 5.92 Å². The highest BCUT2D eigenvalue weighted by molar-refractivity contribution is 5.76. The highest BCUT2D eigenvalue weighted by atomic mass is 16.5. The minimum absolute atomic E-state index is 0.00583. The number of piperazine rings is 1. The average molecular weight is 254 g/mol. The van der Waals surface area contributed by atoms with Gasteiger partial charge in [-0.3, -0.25) is 9.69 Å². The Bertz CT molecular complexity index is 241. The molecule has 2 aliphatic rings. The van der Waals surface area contributed by atoms with Crippen molar-refractivity contribution < 1.29 is 9.53 Å². The molecule has 1 saturated heterocycles. The molecule has 104 valence electrons. The second-order valence-electron chi connectivity index (χ2n) is 5.38. The number of nitrogens with zero attached hydrogens (tertiary/aromatic N) is 1. The van der Waals surface area contributed by atoms with Crippen LogP contribution < -0.4 is 5.32 Å². The molecule has 0 aromatic rings. The summed E-state index contributed by atoms with van der Waals surface area (Å²) in [6.45, 7) is 6.31. The van der Waals surface area contributed by atoms with Gasteiger partial charge in [0.25, 0.3) is 0 Å². The molecule has 2 rings (SSSR count). The molecule has 1 aliphatic heterocycles. The van der Waals surface area contributed by atoms with Crippen molar-refractivity contribution in [3.05, 3.63) is 0 Å². The molecule has 0 spiro atoms. The summed E-state index contributed by atoms with van der Waals surface area (Å²) in [6.07, 6.45) is 6.24. The van der Waals surface area contributed by atoms with Crippen molar-refractivity contribution in [3.8, 4) is 0 Å². The molecule has 0 aromatic carbocycles. The van der Waals surface area contributed by atoms with E-state index in [9.17, 15) is 4.79 Å². The number of esters is 1. The van der Waals surface area contributed by atoms with Gasteiger partial charge in [-0.25, -0.2) is 0 Å². The molecule has 0 amide bonds. The van der Waals surface area contributed by atoms with E-state index in [4.69, 9.17) is 4.74 Å². The number of nitrogens with one attached hydrogen (secondary N) is 1. The summed E-state index contributed by atoms with van der Waals surface area (Å²) in [5.41, 5.74) is 0. The number of rotatable bonds is 4. The first-order chi connectivity index (χ1) is 8.83. The maximum Gasteiger partial charge on any atom is 0.323 e. The van der Waals surface area contributed by atoms with Gasteiger partial charge >= 0.3 is 5.97 Å².